The van der Waals surface area contributed by atoms with Crippen molar-refractivity contribution in [2.75, 3.05) is 26.2 Å². The van der Waals surface area contributed by atoms with Crippen LogP contribution in [0.2, 0.25) is 0 Å². The van der Waals surface area contributed by atoms with Gasteiger partial charge in [0.15, 0.2) is 0 Å². The molecule has 36 heavy (non-hydrogen) atoms. The fourth-order valence-electron chi connectivity index (χ4n) is 4.95. The van der Waals surface area contributed by atoms with Gasteiger partial charge in [0, 0.05) is 38.3 Å². The topological polar surface area (TPSA) is 6.48 Å². The van der Waals surface area contributed by atoms with Gasteiger partial charge < -0.3 is 0 Å². The molecule has 1 heterocycles. The second-order valence-corrected chi connectivity index (χ2v) is 9.48. The monoisotopic (exact) mass is 506 g/mol. The Bertz CT molecular complexity index is 1100. The first-order valence-electron chi connectivity index (χ1n) is 11.8. The summed E-state index contributed by atoms with van der Waals surface area (Å²) in [4.78, 5) is 4.49. The standard InChI is InChI=1S/C28H28F6N2/c1-26(23-10-6-3-7-11-23,36-14-12-35(13-15-36)20-21-8-4-2-5-9-21)19-22-16-24(27(29,30)31)18-25(17-22)28(32,33)34/h2-11,16-18H,12-15,19-20H2,1H3. The van der Waals surface area contributed by atoms with Gasteiger partial charge in [0.1, 0.15) is 0 Å². The van der Waals surface area contributed by atoms with Gasteiger partial charge in [-0.15, -0.1) is 0 Å². The zero-order chi connectivity index (χ0) is 26.0. The molecule has 8 heteroatoms. The molecule has 192 valence electrons. The normalized spacial score (nSPS) is 17.6. The lowest BCUT2D eigenvalue weighted by molar-refractivity contribution is -0.143. The first-order chi connectivity index (χ1) is 16.9. The fourth-order valence-corrected chi connectivity index (χ4v) is 4.95. The van der Waals surface area contributed by atoms with Crippen LogP contribution in [-0.2, 0) is 30.9 Å². The van der Waals surface area contributed by atoms with Crippen LogP contribution in [0, 0.1) is 0 Å². The molecule has 3 aromatic carbocycles. The summed E-state index contributed by atoms with van der Waals surface area (Å²) in [6.07, 6.45) is -9.73. The van der Waals surface area contributed by atoms with E-state index in [4.69, 9.17) is 0 Å². The molecule has 0 aromatic heterocycles. The van der Waals surface area contributed by atoms with Crippen molar-refractivity contribution in [1.29, 1.82) is 0 Å². The van der Waals surface area contributed by atoms with Crippen LogP contribution in [0.1, 0.15) is 34.7 Å². The molecule has 1 fully saturated rings. The molecule has 2 nitrogen and oxygen atoms in total. The summed E-state index contributed by atoms with van der Waals surface area (Å²) in [7, 11) is 0. The predicted molar refractivity (Wildman–Crippen MR) is 127 cm³/mol. The van der Waals surface area contributed by atoms with E-state index in [1.165, 1.54) is 5.56 Å². The van der Waals surface area contributed by atoms with Crippen molar-refractivity contribution in [1.82, 2.24) is 9.80 Å². The fraction of sp³-hybridized carbons (Fsp3) is 0.357. The Morgan fingerprint density at radius 3 is 1.61 bits per heavy atom. The molecular weight excluding hydrogens is 478 g/mol. The van der Waals surface area contributed by atoms with Gasteiger partial charge in [-0.1, -0.05) is 60.7 Å². The van der Waals surface area contributed by atoms with Gasteiger partial charge in [-0.2, -0.15) is 26.3 Å². The molecule has 1 atom stereocenters. The van der Waals surface area contributed by atoms with E-state index in [2.05, 4.69) is 21.9 Å². The number of benzene rings is 3. The van der Waals surface area contributed by atoms with Crippen LogP contribution in [-0.4, -0.2) is 36.0 Å². The minimum atomic E-state index is -4.87. The molecule has 0 saturated carbocycles. The molecule has 0 spiro atoms. The van der Waals surface area contributed by atoms with Gasteiger partial charge in [-0.05, 0) is 48.2 Å². The largest absolute Gasteiger partial charge is 0.416 e. The number of hydrogen-bond acceptors (Lipinski definition) is 2. The molecule has 0 N–H and O–H groups in total. The molecular formula is C28H28F6N2. The molecule has 4 rings (SSSR count). The lowest BCUT2D eigenvalue weighted by Gasteiger charge is -2.46. The number of piperazine rings is 1. The molecule has 0 bridgehead atoms. The van der Waals surface area contributed by atoms with Crippen molar-refractivity contribution < 1.29 is 26.3 Å². The van der Waals surface area contributed by atoms with Gasteiger partial charge in [-0.3, -0.25) is 9.80 Å². The Hall–Kier alpha value is -2.84. The van der Waals surface area contributed by atoms with Crippen molar-refractivity contribution in [3.8, 4) is 0 Å². The summed E-state index contributed by atoms with van der Waals surface area (Å²) >= 11 is 0. The SMILES string of the molecule is CC(Cc1cc(C(F)(F)F)cc(C(F)(F)F)c1)(c1ccccc1)N1CCN(Cc2ccccc2)CC1. The zero-order valence-corrected chi connectivity index (χ0v) is 19.9. The maximum absolute atomic E-state index is 13.5. The van der Waals surface area contributed by atoms with Crippen LogP contribution in [0.4, 0.5) is 26.3 Å². The number of nitrogens with zero attached hydrogens (tertiary/aromatic N) is 2. The maximum Gasteiger partial charge on any atom is 0.416 e. The van der Waals surface area contributed by atoms with E-state index >= 15 is 0 Å². The zero-order valence-electron chi connectivity index (χ0n) is 19.9. The Balaban J connectivity index is 1.63. The highest BCUT2D eigenvalue weighted by atomic mass is 19.4. The van der Waals surface area contributed by atoms with Crippen molar-refractivity contribution in [2.45, 2.75) is 37.8 Å². The maximum atomic E-state index is 13.5. The highest BCUT2D eigenvalue weighted by Crippen LogP contribution is 2.39. The quantitative estimate of drug-likeness (QED) is 0.332. The van der Waals surface area contributed by atoms with E-state index in [1.807, 2.05) is 55.5 Å². The average molecular weight is 507 g/mol. The second-order valence-electron chi connectivity index (χ2n) is 9.48. The Morgan fingerprint density at radius 1 is 0.611 bits per heavy atom. The van der Waals surface area contributed by atoms with Gasteiger partial charge in [0.2, 0.25) is 0 Å². The van der Waals surface area contributed by atoms with E-state index < -0.39 is 29.0 Å². The van der Waals surface area contributed by atoms with Crippen LogP contribution in [0.15, 0.2) is 78.9 Å². The Kier molecular flexibility index (Phi) is 7.48. The summed E-state index contributed by atoms with van der Waals surface area (Å²) in [5.41, 5.74) is -1.29. The van der Waals surface area contributed by atoms with Gasteiger partial charge in [-0.25, -0.2) is 0 Å². The average Bonchev–Trinajstić information content (AvgIpc) is 2.84. The van der Waals surface area contributed by atoms with Crippen molar-refractivity contribution in [3.63, 3.8) is 0 Å². The first-order valence-corrected chi connectivity index (χ1v) is 11.8. The first kappa shape index (κ1) is 26.2. The molecule has 0 aliphatic carbocycles. The van der Waals surface area contributed by atoms with Gasteiger partial charge >= 0.3 is 12.4 Å². The van der Waals surface area contributed by atoms with Crippen LogP contribution in [0.5, 0.6) is 0 Å². The van der Waals surface area contributed by atoms with Crippen molar-refractivity contribution >= 4 is 0 Å². The minimum absolute atomic E-state index is 0.00946. The van der Waals surface area contributed by atoms with E-state index in [9.17, 15) is 26.3 Å². The Labute approximate surface area is 207 Å². The number of alkyl halides is 6. The van der Waals surface area contributed by atoms with Crippen LogP contribution < -0.4 is 0 Å². The smallest absolute Gasteiger partial charge is 0.297 e. The van der Waals surface area contributed by atoms with Crippen molar-refractivity contribution in [3.05, 3.63) is 107 Å². The summed E-state index contributed by atoms with van der Waals surface area (Å²) in [6.45, 7) is 5.47. The summed E-state index contributed by atoms with van der Waals surface area (Å²) < 4.78 is 80.9. The third kappa shape index (κ3) is 6.10. The predicted octanol–water partition coefficient (Wildman–Crippen LogP) is 7.00. The Morgan fingerprint density at radius 2 is 1.11 bits per heavy atom. The summed E-state index contributed by atoms with van der Waals surface area (Å²) in [5, 5.41) is 0. The van der Waals surface area contributed by atoms with Crippen LogP contribution in [0.3, 0.4) is 0 Å². The molecule has 3 aromatic rings. The number of hydrogen-bond donors (Lipinski definition) is 0. The highest BCUT2D eigenvalue weighted by molar-refractivity contribution is 5.36. The molecule has 1 unspecified atom stereocenters. The minimum Gasteiger partial charge on any atom is -0.297 e. The van der Waals surface area contributed by atoms with E-state index in [1.54, 1.807) is 0 Å². The van der Waals surface area contributed by atoms with Crippen LogP contribution >= 0.6 is 0 Å². The number of rotatable bonds is 6. The second kappa shape index (κ2) is 10.3. The third-order valence-electron chi connectivity index (χ3n) is 6.91. The number of halogens is 6. The molecule has 1 aliphatic rings. The van der Waals surface area contributed by atoms with Gasteiger partial charge in [0.25, 0.3) is 0 Å². The van der Waals surface area contributed by atoms with E-state index in [-0.39, 0.29) is 18.1 Å². The molecule has 0 radical (unpaired) electrons. The summed E-state index contributed by atoms with van der Waals surface area (Å²) in [6, 6.07) is 21.2. The van der Waals surface area contributed by atoms with Crippen LogP contribution in [0.25, 0.3) is 0 Å². The van der Waals surface area contributed by atoms with Gasteiger partial charge in [0.05, 0.1) is 11.1 Å². The lowest BCUT2D eigenvalue weighted by atomic mass is 9.82. The molecule has 0 amide bonds. The van der Waals surface area contributed by atoms with Crippen molar-refractivity contribution in [2.24, 2.45) is 0 Å². The van der Waals surface area contributed by atoms with E-state index in [0.717, 1.165) is 37.3 Å². The highest BCUT2D eigenvalue weighted by Gasteiger charge is 2.40. The molecule has 1 aliphatic heterocycles. The lowest BCUT2D eigenvalue weighted by Crippen LogP contribution is -2.55. The third-order valence-corrected chi connectivity index (χ3v) is 6.91. The molecule has 1 saturated heterocycles. The summed E-state index contributed by atoms with van der Waals surface area (Å²) in [5.74, 6) is 0. The van der Waals surface area contributed by atoms with E-state index in [0.29, 0.717) is 13.1 Å².